The number of carboxylic acid groups (broad SMARTS) is 1. The van der Waals surface area contributed by atoms with Crippen molar-refractivity contribution in [2.75, 3.05) is 6.54 Å². The first-order valence-corrected chi connectivity index (χ1v) is 12.8. The maximum atomic E-state index is 12.5. The number of rotatable bonds is 14. The number of carboxylic acids is 1. The number of carbonyl (C=O) groups is 2. The summed E-state index contributed by atoms with van der Waals surface area (Å²) < 4.78 is 2.30. The first kappa shape index (κ1) is 26.9. The summed E-state index contributed by atoms with van der Waals surface area (Å²) in [4.78, 5) is 28.1. The fraction of sp³-hybridized carbons (Fsp3) is 0.367. The van der Waals surface area contributed by atoms with Crippen molar-refractivity contribution in [2.24, 2.45) is 0 Å². The third kappa shape index (κ3) is 8.22. The van der Waals surface area contributed by atoms with Crippen LogP contribution in [0.25, 0.3) is 11.0 Å². The van der Waals surface area contributed by atoms with E-state index in [2.05, 4.69) is 53.2 Å². The number of nitrogens with zero attached hydrogens (tertiary/aromatic N) is 2. The first-order chi connectivity index (χ1) is 17.5. The molecule has 0 bridgehead atoms. The van der Waals surface area contributed by atoms with Gasteiger partial charge in [0.15, 0.2) is 0 Å². The van der Waals surface area contributed by atoms with E-state index in [4.69, 9.17) is 10.1 Å². The Labute approximate surface area is 213 Å². The highest BCUT2D eigenvalue weighted by molar-refractivity contribution is 5.97. The van der Waals surface area contributed by atoms with E-state index in [-0.39, 0.29) is 18.9 Å². The Morgan fingerprint density at radius 2 is 1.83 bits per heavy atom. The number of fused-ring (bicyclic) bond motifs is 1. The molecule has 190 valence electrons. The first-order valence-electron chi connectivity index (χ1n) is 12.8. The molecule has 1 amide bonds. The van der Waals surface area contributed by atoms with Crippen molar-refractivity contribution in [3.8, 4) is 0 Å². The fourth-order valence-corrected chi connectivity index (χ4v) is 4.26. The summed E-state index contributed by atoms with van der Waals surface area (Å²) in [6, 6.07) is 16.1. The molecule has 0 aliphatic carbocycles. The molecule has 2 N–H and O–H groups in total. The van der Waals surface area contributed by atoms with Crippen LogP contribution < -0.4 is 5.32 Å². The van der Waals surface area contributed by atoms with Crippen LogP contribution in [-0.4, -0.2) is 33.1 Å². The van der Waals surface area contributed by atoms with Gasteiger partial charge in [0, 0.05) is 25.1 Å². The molecule has 1 heterocycles. The Bertz CT molecular complexity index is 1210. The van der Waals surface area contributed by atoms with Gasteiger partial charge in [0.1, 0.15) is 5.82 Å². The molecule has 1 aromatic heterocycles. The van der Waals surface area contributed by atoms with Crippen LogP contribution in [0.1, 0.15) is 67.7 Å². The molecule has 36 heavy (non-hydrogen) atoms. The van der Waals surface area contributed by atoms with Crippen molar-refractivity contribution >= 4 is 22.9 Å². The van der Waals surface area contributed by atoms with Gasteiger partial charge in [0.25, 0.3) is 5.91 Å². The second-order valence-electron chi connectivity index (χ2n) is 9.12. The zero-order chi connectivity index (χ0) is 25.8. The zero-order valence-electron chi connectivity index (χ0n) is 21.4. The zero-order valence-corrected chi connectivity index (χ0v) is 21.4. The van der Waals surface area contributed by atoms with E-state index in [1.807, 2.05) is 31.2 Å². The van der Waals surface area contributed by atoms with Gasteiger partial charge in [-0.05, 0) is 69.7 Å². The molecule has 2 aromatic carbocycles. The van der Waals surface area contributed by atoms with E-state index in [9.17, 15) is 9.59 Å². The minimum atomic E-state index is -0.933. The smallest absolute Gasteiger partial charge is 0.305 e. The molecule has 6 nitrogen and oxygen atoms in total. The fourth-order valence-electron chi connectivity index (χ4n) is 4.26. The van der Waals surface area contributed by atoms with Gasteiger partial charge in [0.05, 0.1) is 17.5 Å². The number of benzene rings is 2. The second kappa shape index (κ2) is 14.0. The summed E-state index contributed by atoms with van der Waals surface area (Å²) in [5.41, 5.74) is 5.04. The van der Waals surface area contributed by atoms with Crippen LogP contribution >= 0.6 is 0 Å². The van der Waals surface area contributed by atoms with Crippen LogP contribution in [0.2, 0.25) is 0 Å². The maximum absolute atomic E-state index is 12.5. The Kier molecular flexibility index (Phi) is 10.5. The predicted molar refractivity (Wildman–Crippen MR) is 145 cm³/mol. The lowest BCUT2D eigenvalue weighted by molar-refractivity contribution is -0.136. The molecule has 0 unspecified atom stereocenters. The van der Waals surface area contributed by atoms with Gasteiger partial charge in [-0.15, -0.1) is 0 Å². The molecular formula is C30H37N3O3. The van der Waals surface area contributed by atoms with Crippen molar-refractivity contribution in [3.05, 3.63) is 89.3 Å². The van der Waals surface area contributed by atoms with E-state index < -0.39 is 5.97 Å². The van der Waals surface area contributed by atoms with Crippen LogP contribution in [0.3, 0.4) is 0 Å². The second-order valence-corrected chi connectivity index (χ2v) is 9.12. The number of allylic oxidation sites excluding steroid dienone is 4. The summed E-state index contributed by atoms with van der Waals surface area (Å²) >= 11 is 0. The van der Waals surface area contributed by atoms with E-state index in [0.29, 0.717) is 5.56 Å². The Morgan fingerprint density at radius 1 is 1.03 bits per heavy atom. The van der Waals surface area contributed by atoms with Crippen LogP contribution in [-0.2, 0) is 24.2 Å². The summed E-state index contributed by atoms with van der Waals surface area (Å²) in [6.45, 7) is 5.16. The third-order valence-corrected chi connectivity index (χ3v) is 6.20. The normalized spacial score (nSPS) is 11.9. The van der Waals surface area contributed by atoms with Crippen LogP contribution in [0.5, 0.6) is 0 Å². The molecule has 6 heteroatoms. The molecule has 0 spiro atoms. The maximum Gasteiger partial charge on any atom is 0.305 e. The molecule has 0 atom stereocenters. The number of nitrogens with one attached hydrogen (secondary N) is 1. The van der Waals surface area contributed by atoms with Crippen molar-refractivity contribution in [1.82, 2.24) is 14.9 Å². The number of aromatic nitrogens is 2. The minimum Gasteiger partial charge on any atom is -0.481 e. The van der Waals surface area contributed by atoms with Crippen LogP contribution in [0.4, 0.5) is 0 Å². The Hall–Kier alpha value is -3.67. The molecule has 0 fully saturated rings. The molecule has 0 saturated heterocycles. The Balaban J connectivity index is 1.73. The molecule has 3 rings (SSSR count). The van der Waals surface area contributed by atoms with Crippen LogP contribution in [0.15, 0.2) is 72.3 Å². The Morgan fingerprint density at radius 3 is 2.58 bits per heavy atom. The summed E-state index contributed by atoms with van der Waals surface area (Å²) in [5.74, 6) is -0.161. The highest BCUT2D eigenvalue weighted by atomic mass is 16.4. The van der Waals surface area contributed by atoms with Crippen molar-refractivity contribution < 1.29 is 14.7 Å². The van der Waals surface area contributed by atoms with E-state index in [0.717, 1.165) is 61.9 Å². The number of imidazole rings is 1. The molecule has 3 aromatic rings. The summed E-state index contributed by atoms with van der Waals surface area (Å²) in [6.07, 6.45) is 12.2. The van der Waals surface area contributed by atoms with E-state index >= 15 is 0 Å². The summed E-state index contributed by atoms with van der Waals surface area (Å²) in [7, 11) is 0. The van der Waals surface area contributed by atoms with Gasteiger partial charge >= 0.3 is 5.97 Å². The number of unbranched alkanes of at least 4 members (excludes halogenated alkanes) is 1. The van der Waals surface area contributed by atoms with Crippen molar-refractivity contribution in [3.63, 3.8) is 0 Å². The highest BCUT2D eigenvalue weighted by Gasteiger charge is 2.14. The molecule has 0 aliphatic heterocycles. The quantitative estimate of drug-likeness (QED) is 0.212. The van der Waals surface area contributed by atoms with Gasteiger partial charge in [-0.1, -0.05) is 54.1 Å². The van der Waals surface area contributed by atoms with Gasteiger partial charge in [-0.3, -0.25) is 9.59 Å². The van der Waals surface area contributed by atoms with Gasteiger partial charge < -0.3 is 15.0 Å². The minimum absolute atomic E-state index is 0.0996. The number of hydrogen-bond donors (Lipinski definition) is 2. The lowest BCUT2D eigenvalue weighted by Gasteiger charge is -2.10. The standard InChI is InChI=1S/C30H37N3O3/c1-3-4-11-23(2)12-10-16-28-32-26-22-25(30(36)31-20-19-29(34)35)17-18-27(26)33(28)21-9-8-15-24-13-6-5-7-14-24/h3-7,11,13-14,17-18,22H,8-10,12,15-16,19-21H2,1-2H3,(H,31,36)(H,34,35)/b4-3-,23-11+. The lowest BCUT2D eigenvalue weighted by atomic mass is 10.1. The molecule has 0 radical (unpaired) electrons. The van der Waals surface area contributed by atoms with Crippen LogP contribution in [0, 0.1) is 0 Å². The average molecular weight is 488 g/mol. The monoisotopic (exact) mass is 487 g/mol. The number of aliphatic carboxylic acids is 1. The van der Waals surface area contributed by atoms with Gasteiger partial charge in [-0.25, -0.2) is 4.98 Å². The molecule has 0 aliphatic rings. The topological polar surface area (TPSA) is 84.2 Å². The number of amides is 1. The van der Waals surface area contributed by atoms with Crippen molar-refractivity contribution in [2.45, 2.75) is 65.3 Å². The number of hydrogen-bond acceptors (Lipinski definition) is 3. The van der Waals surface area contributed by atoms with E-state index in [1.54, 1.807) is 6.07 Å². The number of aryl methyl sites for hydroxylation is 3. The lowest BCUT2D eigenvalue weighted by Crippen LogP contribution is -2.25. The van der Waals surface area contributed by atoms with Crippen molar-refractivity contribution in [1.29, 1.82) is 0 Å². The molecule has 0 saturated carbocycles. The summed E-state index contributed by atoms with van der Waals surface area (Å²) in [5, 5.41) is 11.5. The largest absolute Gasteiger partial charge is 0.481 e. The van der Waals surface area contributed by atoms with Gasteiger partial charge in [0.2, 0.25) is 0 Å². The highest BCUT2D eigenvalue weighted by Crippen LogP contribution is 2.21. The SMILES string of the molecule is C/C=C\C=C(/C)CCCc1nc2cc(C(=O)NCCC(=O)O)ccc2n1CCCCc1ccccc1. The molecular weight excluding hydrogens is 450 g/mol. The average Bonchev–Trinajstić information content (AvgIpc) is 3.22. The van der Waals surface area contributed by atoms with Gasteiger partial charge in [-0.2, -0.15) is 0 Å². The van der Waals surface area contributed by atoms with E-state index in [1.165, 1.54) is 11.1 Å². The predicted octanol–water partition coefficient (Wildman–Crippen LogP) is 6.11. The number of carbonyl (C=O) groups excluding carboxylic acids is 1. The third-order valence-electron chi connectivity index (χ3n) is 6.20.